The highest BCUT2D eigenvalue weighted by Gasteiger charge is 2.09. The molecule has 0 saturated carbocycles. The van der Waals surface area contributed by atoms with Crippen LogP contribution >= 0.6 is 0 Å². The van der Waals surface area contributed by atoms with Crippen LogP contribution in [-0.4, -0.2) is 11.7 Å². The van der Waals surface area contributed by atoms with Gasteiger partial charge in [0.1, 0.15) is 0 Å². The van der Waals surface area contributed by atoms with Crippen LogP contribution in [0.25, 0.3) is 11.3 Å². The minimum absolute atomic E-state index is 0.614. The van der Waals surface area contributed by atoms with E-state index in [0.29, 0.717) is 6.54 Å². The number of hydrogen-bond donors (Lipinski definition) is 1. The van der Waals surface area contributed by atoms with Crippen LogP contribution in [-0.2, 0) is 12.8 Å². The van der Waals surface area contributed by atoms with Gasteiger partial charge in [-0.25, -0.2) is 0 Å². The van der Waals surface area contributed by atoms with Crippen molar-refractivity contribution in [1.82, 2.24) is 5.16 Å². The van der Waals surface area contributed by atoms with Crippen LogP contribution in [0.4, 0.5) is 0 Å². The fourth-order valence-electron chi connectivity index (χ4n) is 2.04. The lowest BCUT2D eigenvalue weighted by atomic mass is 10.0. The van der Waals surface area contributed by atoms with E-state index in [1.165, 1.54) is 18.4 Å². The third-order valence-electron chi connectivity index (χ3n) is 3.09. The number of hydrogen-bond acceptors (Lipinski definition) is 3. The van der Waals surface area contributed by atoms with E-state index in [-0.39, 0.29) is 0 Å². The highest BCUT2D eigenvalue weighted by atomic mass is 16.5. The Morgan fingerprint density at radius 1 is 1.17 bits per heavy atom. The Labute approximate surface area is 108 Å². The highest BCUT2D eigenvalue weighted by molar-refractivity contribution is 5.61. The van der Waals surface area contributed by atoms with Gasteiger partial charge < -0.3 is 10.3 Å². The Kier molecular flexibility index (Phi) is 4.53. The molecule has 1 aromatic heterocycles. The molecule has 0 aliphatic rings. The second-order valence-corrected chi connectivity index (χ2v) is 4.52. The molecule has 0 aliphatic carbocycles. The van der Waals surface area contributed by atoms with E-state index >= 15 is 0 Å². The summed E-state index contributed by atoms with van der Waals surface area (Å²) in [5, 5.41) is 3.86. The van der Waals surface area contributed by atoms with Crippen LogP contribution in [0.2, 0.25) is 0 Å². The molecule has 0 aliphatic heterocycles. The molecule has 0 fully saturated rings. The van der Waals surface area contributed by atoms with Gasteiger partial charge in [-0.1, -0.05) is 42.8 Å². The van der Waals surface area contributed by atoms with Crippen molar-refractivity contribution in [2.24, 2.45) is 5.73 Å². The fraction of sp³-hybridized carbons (Fsp3) is 0.400. The van der Waals surface area contributed by atoms with Crippen molar-refractivity contribution >= 4 is 0 Å². The molecule has 0 amide bonds. The largest absolute Gasteiger partial charge is 0.356 e. The number of benzene rings is 1. The van der Waals surface area contributed by atoms with Crippen LogP contribution < -0.4 is 5.73 Å². The molecule has 2 rings (SSSR count). The van der Waals surface area contributed by atoms with E-state index in [2.05, 4.69) is 36.3 Å². The second kappa shape index (κ2) is 6.36. The maximum absolute atomic E-state index is 5.58. The lowest BCUT2D eigenvalue weighted by molar-refractivity contribution is 0.431. The molecule has 1 aromatic carbocycles. The zero-order valence-electron chi connectivity index (χ0n) is 10.9. The predicted molar refractivity (Wildman–Crippen MR) is 73.3 cm³/mol. The topological polar surface area (TPSA) is 52.0 Å². The second-order valence-electron chi connectivity index (χ2n) is 4.52. The summed E-state index contributed by atoms with van der Waals surface area (Å²) in [7, 11) is 0. The average Bonchev–Trinajstić information content (AvgIpc) is 2.86. The average molecular weight is 244 g/mol. The van der Waals surface area contributed by atoms with Crippen molar-refractivity contribution in [2.75, 3.05) is 6.54 Å². The fourth-order valence-corrected chi connectivity index (χ4v) is 2.04. The molecule has 0 atom stereocenters. The standard InChI is InChI=1S/C15H20N2O/c1-2-3-4-12-5-7-13(8-6-12)15-14(9-10-16)11-17-18-15/h5-8,11H,2-4,9-10,16H2,1H3. The van der Waals surface area contributed by atoms with Crippen molar-refractivity contribution < 1.29 is 4.52 Å². The summed E-state index contributed by atoms with van der Waals surface area (Å²) in [6.45, 7) is 2.82. The quantitative estimate of drug-likeness (QED) is 0.849. The normalized spacial score (nSPS) is 10.8. The van der Waals surface area contributed by atoms with E-state index in [9.17, 15) is 0 Å². The Bertz CT molecular complexity index is 473. The molecule has 0 radical (unpaired) electrons. The molecule has 3 heteroatoms. The first kappa shape index (κ1) is 12.8. The van der Waals surface area contributed by atoms with Gasteiger partial charge in [0.15, 0.2) is 5.76 Å². The van der Waals surface area contributed by atoms with E-state index in [1.54, 1.807) is 6.20 Å². The monoisotopic (exact) mass is 244 g/mol. The summed E-state index contributed by atoms with van der Waals surface area (Å²) in [4.78, 5) is 0. The molecular weight excluding hydrogens is 224 g/mol. The maximum Gasteiger partial charge on any atom is 0.170 e. The molecule has 3 nitrogen and oxygen atoms in total. The Hall–Kier alpha value is -1.61. The first-order valence-electron chi connectivity index (χ1n) is 6.58. The molecule has 0 spiro atoms. The SMILES string of the molecule is CCCCc1ccc(-c2oncc2CCN)cc1. The van der Waals surface area contributed by atoms with Crippen molar-refractivity contribution in [3.05, 3.63) is 41.6 Å². The summed E-state index contributed by atoms with van der Waals surface area (Å²) in [6, 6.07) is 8.54. The van der Waals surface area contributed by atoms with E-state index in [4.69, 9.17) is 10.3 Å². The van der Waals surface area contributed by atoms with E-state index in [0.717, 1.165) is 29.7 Å². The zero-order valence-corrected chi connectivity index (χ0v) is 10.9. The predicted octanol–water partition coefficient (Wildman–Crippen LogP) is 3.19. The molecule has 18 heavy (non-hydrogen) atoms. The van der Waals surface area contributed by atoms with Gasteiger partial charge >= 0.3 is 0 Å². The minimum Gasteiger partial charge on any atom is -0.356 e. The summed E-state index contributed by atoms with van der Waals surface area (Å²) >= 11 is 0. The van der Waals surface area contributed by atoms with Crippen molar-refractivity contribution in [3.8, 4) is 11.3 Å². The number of nitrogens with two attached hydrogens (primary N) is 1. The van der Waals surface area contributed by atoms with Crippen molar-refractivity contribution in [1.29, 1.82) is 0 Å². The van der Waals surface area contributed by atoms with Gasteiger partial charge in [-0.05, 0) is 31.4 Å². The van der Waals surface area contributed by atoms with Crippen LogP contribution in [0.1, 0.15) is 30.9 Å². The van der Waals surface area contributed by atoms with Gasteiger partial charge in [-0.15, -0.1) is 0 Å². The van der Waals surface area contributed by atoms with Gasteiger partial charge in [0.2, 0.25) is 0 Å². The van der Waals surface area contributed by atoms with Gasteiger partial charge in [-0.3, -0.25) is 0 Å². The summed E-state index contributed by atoms with van der Waals surface area (Å²) < 4.78 is 5.32. The van der Waals surface area contributed by atoms with Gasteiger partial charge in [0, 0.05) is 11.1 Å². The van der Waals surface area contributed by atoms with E-state index in [1.807, 2.05) is 0 Å². The zero-order chi connectivity index (χ0) is 12.8. The van der Waals surface area contributed by atoms with Crippen LogP contribution in [0.15, 0.2) is 35.0 Å². The smallest absolute Gasteiger partial charge is 0.170 e. The van der Waals surface area contributed by atoms with Crippen LogP contribution in [0, 0.1) is 0 Å². The molecule has 0 unspecified atom stereocenters. The van der Waals surface area contributed by atoms with Crippen molar-refractivity contribution in [2.45, 2.75) is 32.6 Å². The number of rotatable bonds is 6. The van der Waals surface area contributed by atoms with Gasteiger partial charge in [-0.2, -0.15) is 0 Å². The molecular formula is C15H20N2O. The Morgan fingerprint density at radius 2 is 1.94 bits per heavy atom. The lowest BCUT2D eigenvalue weighted by Crippen LogP contribution is -2.02. The van der Waals surface area contributed by atoms with Crippen molar-refractivity contribution in [3.63, 3.8) is 0 Å². The summed E-state index contributed by atoms with van der Waals surface area (Å²) in [6.07, 6.45) is 6.16. The van der Waals surface area contributed by atoms with Crippen LogP contribution in [0.5, 0.6) is 0 Å². The molecule has 96 valence electrons. The number of unbranched alkanes of at least 4 members (excludes halogenated alkanes) is 1. The molecule has 0 bridgehead atoms. The number of aromatic nitrogens is 1. The number of aryl methyl sites for hydroxylation is 1. The van der Waals surface area contributed by atoms with Crippen LogP contribution in [0.3, 0.4) is 0 Å². The lowest BCUT2D eigenvalue weighted by Gasteiger charge is -2.03. The minimum atomic E-state index is 0.614. The molecule has 0 saturated heterocycles. The Morgan fingerprint density at radius 3 is 2.61 bits per heavy atom. The third-order valence-corrected chi connectivity index (χ3v) is 3.09. The number of nitrogens with zero attached hydrogens (tertiary/aromatic N) is 1. The summed E-state index contributed by atoms with van der Waals surface area (Å²) in [5.74, 6) is 0.850. The first-order valence-corrected chi connectivity index (χ1v) is 6.58. The molecule has 1 heterocycles. The third kappa shape index (κ3) is 2.99. The molecule has 2 aromatic rings. The summed E-state index contributed by atoms with van der Waals surface area (Å²) in [5.41, 5.74) is 9.11. The first-order chi connectivity index (χ1) is 8.85. The molecule has 2 N–H and O–H groups in total. The van der Waals surface area contributed by atoms with Gasteiger partial charge in [0.05, 0.1) is 6.20 Å². The highest BCUT2D eigenvalue weighted by Crippen LogP contribution is 2.24. The maximum atomic E-state index is 5.58. The van der Waals surface area contributed by atoms with E-state index < -0.39 is 0 Å². The Balaban J connectivity index is 2.15. The van der Waals surface area contributed by atoms with Gasteiger partial charge in [0.25, 0.3) is 0 Å².